The fourth-order valence-corrected chi connectivity index (χ4v) is 8.93. The summed E-state index contributed by atoms with van der Waals surface area (Å²) in [6.07, 6.45) is -8.57. The normalized spacial score (nSPS) is 28.1. The van der Waals surface area contributed by atoms with Crippen LogP contribution in [0.4, 0.5) is 36.4 Å². The summed E-state index contributed by atoms with van der Waals surface area (Å²) in [5, 5.41) is 4.85. The number of nitrogens with zero attached hydrogens (tertiary/aromatic N) is 1. The summed E-state index contributed by atoms with van der Waals surface area (Å²) in [5.74, 6) is -6.89. The first-order chi connectivity index (χ1) is 22.5. The number of methoxy groups -OCH3 is 1. The van der Waals surface area contributed by atoms with Gasteiger partial charge in [-0.1, -0.05) is 5.57 Å². The van der Waals surface area contributed by atoms with Crippen LogP contribution in [0, 0.1) is 23.6 Å². The lowest BCUT2D eigenvalue weighted by molar-refractivity contribution is -0.140. The van der Waals surface area contributed by atoms with Crippen LogP contribution in [0.3, 0.4) is 0 Å². The maximum atomic E-state index is 13.9. The predicted octanol–water partition coefficient (Wildman–Crippen LogP) is 5.29. The number of halogens is 7. The standard InChI is InChI=1S/C31H30F7N3O6S/c1-46-25-9-5-18(48(44,45)41-13-16-3-4-17(14-41)47-16)11-21(25)28(42)40-27-20-7-6-19(22(20)12-30(33,34)35)26(27)29(43)39-15-2-8-24(32)23(10-15)31(36,37)38/h2,5,8-12,16-17,19-20,26-27H,3-4,6-7,13-14H2,1H3,(H,39,43)(H,40,42)/b22-12-/t16?,17?,19-,20+,26-,27+/m0/s1. The summed E-state index contributed by atoms with van der Waals surface area (Å²) in [7, 11) is -2.86. The Morgan fingerprint density at radius 1 is 0.958 bits per heavy atom. The van der Waals surface area contributed by atoms with E-state index in [1.165, 1.54) is 23.5 Å². The number of carbonyl (C=O) groups is 2. The van der Waals surface area contributed by atoms with Gasteiger partial charge in [-0.2, -0.15) is 30.6 Å². The molecule has 2 amide bonds. The van der Waals surface area contributed by atoms with Crippen molar-refractivity contribution in [3.05, 3.63) is 65.0 Å². The Hall–Kier alpha value is -3.70. The third-order valence-electron chi connectivity index (χ3n) is 9.43. The van der Waals surface area contributed by atoms with Crippen molar-refractivity contribution >= 4 is 27.5 Å². The highest BCUT2D eigenvalue weighted by molar-refractivity contribution is 7.89. The van der Waals surface area contributed by atoms with E-state index in [1.54, 1.807) is 0 Å². The molecule has 2 N–H and O–H groups in total. The molecule has 0 spiro atoms. The molecule has 2 aromatic carbocycles. The second-order valence-corrected chi connectivity index (χ2v) is 14.3. The number of benzene rings is 2. The Morgan fingerprint density at radius 3 is 2.25 bits per heavy atom. The number of nitrogens with one attached hydrogen (secondary N) is 2. The van der Waals surface area contributed by atoms with Crippen molar-refractivity contribution in [1.29, 1.82) is 0 Å². The van der Waals surface area contributed by atoms with Gasteiger partial charge in [-0.15, -0.1) is 0 Å². The molecule has 48 heavy (non-hydrogen) atoms. The van der Waals surface area contributed by atoms with E-state index in [1.807, 2.05) is 0 Å². The minimum atomic E-state index is -5.08. The van der Waals surface area contributed by atoms with E-state index in [0.29, 0.717) is 25.0 Å². The number of allylic oxidation sites excluding steroid dienone is 1. The van der Waals surface area contributed by atoms with Gasteiger partial charge in [0.1, 0.15) is 11.6 Å². The number of carbonyl (C=O) groups excluding carboxylic acids is 2. The van der Waals surface area contributed by atoms with Gasteiger partial charge in [0.25, 0.3) is 5.91 Å². The number of fused-ring (bicyclic) bond motifs is 4. The fourth-order valence-electron chi connectivity index (χ4n) is 7.40. The van der Waals surface area contributed by atoms with Gasteiger partial charge < -0.3 is 20.1 Å². The van der Waals surface area contributed by atoms with Crippen LogP contribution < -0.4 is 15.4 Å². The number of sulfonamides is 1. The molecule has 17 heteroatoms. The van der Waals surface area contributed by atoms with Gasteiger partial charge in [-0.25, -0.2) is 12.8 Å². The Labute approximate surface area is 270 Å². The van der Waals surface area contributed by atoms with E-state index in [9.17, 15) is 48.7 Å². The first-order valence-electron chi connectivity index (χ1n) is 15.1. The third kappa shape index (κ3) is 6.51. The van der Waals surface area contributed by atoms with Crippen molar-refractivity contribution in [2.75, 3.05) is 25.5 Å². The lowest BCUT2D eigenvalue weighted by atomic mass is 9.83. The van der Waals surface area contributed by atoms with E-state index in [4.69, 9.17) is 9.47 Å². The highest BCUT2D eigenvalue weighted by atomic mass is 32.2. The average molecular weight is 706 g/mol. The van der Waals surface area contributed by atoms with Crippen molar-refractivity contribution in [2.45, 2.75) is 61.2 Å². The lowest BCUT2D eigenvalue weighted by Gasteiger charge is -2.31. The Kier molecular flexibility index (Phi) is 8.77. The molecular formula is C31H30F7N3O6S. The maximum absolute atomic E-state index is 13.9. The van der Waals surface area contributed by atoms with Gasteiger partial charge in [-0.3, -0.25) is 9.59 Å². The van der Waals surface area contributed by atoms with Crippen molar-refractivity contribution in [3.63, 3.8) is 0 Å². The van der Waals surface area contributed by atoms with Gasteiger partial charge in [0, 0.05) is 36.8 Å². The number of morpholine rings is 1. The molecule has 2 saturated heterocycles. The molecule has 2 unspecified atom stereocenters. The highest BCUT2D eigenvalue weighted by Crippen LogP contribution is 2.54. The SMILES string of the molecule is COc1ccc(S(=O)(=O)N2CC3CCC(C2)O3)cc1C(=O)N[C@H]1[C@@H](C(=O)Nc2ccc(F)c(C(F)(F)F)c2)[C@H]2CC[C@@H]1/C2=C\C(F)(F)F. The van der Waals surface area contributed by atoms with Crippen LogP contribution in [-0.2, 0) is 25.7 Å². The van der Waals surface area contributed by atoms with Crippen molar-refractivity contribution in [3.8, 4) is 5.75 Å². The summed E-state index contributed by atoms with van der Waals surface area (Å²) in [4.78, 5) is 27.1. The van der Waals surface area contributed by atoms with Crippen molar-refractivity contribution in [2.24, 2.45) is 17.8 Å². The largest absolute Gasteiger partial charge is 0.496 e. The van der Waals surface area contributed by atoms with E-state index in [2.05, 4.69) is 10.6 Å². The molecule has 4 bridgehead atoms. The molecule has 4 aliphatic rings. The smallest absolute Gasteiger partial charge is 0.419 e. The topological polar surface area (TPSA) is 114 Å². The summed E-state index contributed by atoms with van der Waals surface area (Å²) in [5.41, 5.74) is -2.50. The van der Waals surface area contributed by atoms with E-state index < -0.39 is 75.1 Å². The zero-order valence-electron chi connectivity index (χ0n) is 25.2. The fraction of sp³-hybridized carbons (Fsp3) is 0.484. The zero-order valence-corrected chi connectivity index (χ0v) is 26.0. The molecule has 6 atom stereocenters. The number of rotatable bonds is 7. The first kappa shape index (κ1) is 34.2. The molecule has 9 nitrogen and oxygen atoms in total. The zero-order chi connectivity index (χ0) is 34.8. The van der Waals surface area contributed by atoms with Gasteiger partial charge >= 0.3 is 12.4 Å². The second kappa shape index (κ2) is 12.3. The number of alkyl halides is 6. The van der Waals surface area contributed by atoms with Gasteiger partial charge in [-0.05, 0) is 68.0 Å². The summed E-state index contributed by atoms with van der Waals surface area (Å²) in [6.45, 7) is 0.252. The molecule has 2 aliphatic heterocycles. The quantitative estimate of drug-likeness (QED) is 0.299. The van der Waals surface area contributed by atoms with Crippen LogP contribution >= 0.6 is 0 Å². The van der Waals surface area contributed by atoms with Gasteiger partial charge in [0.2, 0.25) is 15.9 Å². The molecule has 0 aromatic heterocycles. The van der Waals surface area contributed by atoms with E-state index >= 15 is 0 Å². The van der Waals surface area contributed by atoms with E-state index in [0.717, 1.165) is 12.1 Å². The minimum Gasteiger partial charge on any atom is -0.496 e. The highest BCUT2D eigenvalue weighted by Gasteiger charge is 2.56. The molecule has 2 saturated carbocycles. The van der Waals surface area contributed by atoms with Crippen LogP contribution in [-0.4, -0.2) is 69.2 Å². The second-order valence-electron chi connectivity index (χ2n) is 12.3. The van der Waals surface area contributed by atoms with Crippen LogP contribution in [0.15, 0.2) is 52.9 Å². The van der Waals surface area contributed by atoms with E-state index in [-0.39, 0.29) is 66.0 Å². The van der Waals surface area contributed by atoms with Crippen molar-refractivity contribution in [1.82, 2.24) is 9.62 Å². The molecule has 6 rings (SSSR count). The summed E-state index contributed by atoms with van der Waals surface area (Å²) >= 11 is 0. The average Bonchev–Trinajstić information content (AvgIpc) is 3.65. The Balaban J connectivity index is 1.30. The summed E-state index contributed by atoms with van der Waals surface area (Å²) in [6, 6.07) is 4.12. The molecule has 4 fully saturated rings. The van der Waals surface area contributed by atoms with Crippen LogP contribution in [0.25, 0.3) is 0 Å². The van der Waals surface area contributed by atoms with Gasteiger partial charge in [0.15, 0.2) is 0 Å². The number of anilines is 1. The summed E-state index contributed by atoms with van der Waals surface area (Å²) < 4.78 is 134. The third-order valence-corrected chi connectivity index (χ3v) is 11.3. The van der Waals surface area contributed by atoms with Crippen LogP contribution in [0.2, 0.25) is 0 Å². The lowest BCUT2D eigenvalue weighted by Crippen LogP contribution is -2.48. The molecule has 260 valence electrons. The Morgan fingerprint density at radius 2 is 1.62 bits per heavy atom. The van der Waals surface area contributed by atoms with Crippen LogP contribution in [0.5, 0.6) is 5.75 Å². The van der Waals surface area contributed by atoms with Crippen LogP contribution in [0.1, 0.15) is 41.6 Å². The van der Waals surface area contributed by atoms with Gasteiger partial charge in [0.05, 0.1) is 41.3 Å². The van der Waals surface area contributed by atoms with Crippen molar-refractivity contribution < 1.29 is 58.2 Å². The number of hydrogen-bond donors (Lipinski definition) is 2. The molecule has 2 aliphatic carbocycles. The monoisotopic (exact) mass is 705 g/mol. The molecule has 0 radical (unpaired) electrons. The number of ether oxygens (including phenoxy) is 2. The number of amides is 2. The minimum absolute atomic E-state index is 0.0466. The molecular weight excluding hydrogens is 675 g/mol. The molecule has 2 aromatic rings. The maximum Gasteiger partial charge on any atom is 0.419 e. The first-order valence-corrected chi connectivity index (χ1v) is 16.5. The Bertz CT molecular complexity index is 1750. The predicted molar refractivity (Wildman–Crippen MR) is 155 cm³/mol. The molecule has 2 heterocycles. The number of hydrogen-bond acceptors (Lipinski definition) is 6.